The molecule has 6 heteroatoms. The molecule has 1 atom stereocenters. The number of sulfone groups is 1. The molecule has 0 aliphatic carbocycles. The summed E-state index contributed by atoms with van der Waals surface area (Å²) in [4.78, 5) is 11.4. The summed E-state index contributed by atoms with van der Waals surface area (Å²) in [6.07, 6.45) is 1.12. The van der Waals surface area contributed by atoms with Gasteiger partial charge >= 0.3 is 0 Å². The average molecular weight is 226 g/mol. The normalized spacial score (nSPS) is 19.9. The van der Waals surface area contributed by atoms with Crippen LogP contribution in [0.5, 0.6) is 0 Å². The summed E-state index contributed by atoms with van der Waals surface area (Å²) in [7, 11) is -3.26. The van der Waals surface area contributed by atoms with Gasteiger partial charge in [-0.3, -0.25) is 4.79 Å². The molecule has 1 aromatic carbocycles. The third kappa shape index (κ3) is 1.62. The first-order chi connectivity index (χ1) is 6.89. The van der Waals surface area contributed by atoms with Gasteiger partial charge in [0.2, 0.25) is 5.91 Å². The minimum absolute atomic E-state index is 0.174. The number of amides is 1. The predicted molar refractivity (Wildman–Crippen MR) is 55.1 cm³/mol. The van der Waals surface area contributed by atoms with Gasteiger partial charge in [-0.2, -0.15) is 0 Å². The van der Waals surface area contributed by atoms with Crippen LogP contribution < -0.4 is 11.1 Å². The molecule has 1 aliphatic rings. The second-order valence-electron chi connectivity index (χ2n) is 3.49. The van der Waals surface area contributed by atoms with Crippen molar-refractivity contribution in [2.75, 3.05) is 11.6 Å². The average Bonchev–Trinajstić information content (AvgIpc) is 2.41. The van der Waals surface area contributed by atoms with E-state index < -0.39 is 15.9 Å². The molecule has 1 amide bonds. The lowest BCUT2D eigenvalue weighted by atomic mass is 10.1. The first-order valence-corrected chi connectivity index (χ1v) is 6.19. The number of rotatable bonds is 1. The van der Waals surface area contributed by atoms with E-state index in [0.29, 0.717) is 11.3 Å². The van der Waals surface area contributed by atoms with Crippen molar-refractivity contribution < 1.29 is 13.2 Å². The van der Waals surface area contributed by atoms with Gasteiger partial charge in [-0.15, -0.1) is 0 Å². The molecule has 0 saturated carbocycles. The fourth-order valence-electron chi connectivity index (χ4n) is 1.49. The third-order valence-electron chi connectivity index (χ3n) is 2.33. The highest BCUT2D eigenvalue weighted by Crippen LogP contribution is 2.30. The molecule has 0 bridgehead atoms. The van der Waals surface area contributed by atoms with E-state index in [4.69, 9.17) is 5.73 Å². The van der Waals surface area contributed by atoms with Gasteiger partial charge < -0.3 is 11.1 Å². The van der Waals surface area contributed by atoms with Crippen LogP contribution >= 0.6 is 0 Å². The Hall–Kier alpha value is -1.40. The lowest BCUT2D eigenvalue weighted by molar-refractivity contribution is -0.116. The summed E-state index contributed by atoms with van der Waals surface area (Å²) in [6.45, 7) is 0. The van der Waals surface area contributed by atoms with Crippen molar-refractivity contribution in [3.05, 3.63) is 23.8 Å². The smallest absolute Gasteiger partial charge is 0.245 e. The SMILES string of the molecule is CS(=O)(=O)c1ccc2c(c1)C(N)C(=O)N2. The molecule has 5 nitrogen and oxygen atoms in total. The monoisotopic (exact) mass is 226 g/mol. The minimum atomic E-state index is -3.26. The van der Waals surface area contributed by atoms with Crippen molar-refractivity contribution in [3.8, 4) is 0 Å². The largest absolute Gasteiger partial charge is 0.324 e. The quantitative estimate of drug-likeness (QED) is 0.707. The van der Waals surface area contributed by atoms with Crippen molar-refractivity contribution >= 4 is 21.4 Å². The molecule has 0 saturated heterocycles. The van der Waals surface area contributed by atoms with Crippen LogP contribution in [0, 0.1) is 0 Å². The van der Waals surface area contributed by atoms with Crippen LogP contribution in [-0.4, -0.2) is 20.6 Å². The number of nitrogens with one attached hydrogen (secondary N) is 1. The van der Waals surface area contributed by atoms with Crippen molar-refractivity contribution in [3.63, 3.8) is 0 Å². The Balaban J connectivity index is 2.58. The van der Waals surface area contributed by atoms with Crippen LogP contribution in [0.1, 0.15) is 11.6 Å². The van der Waals surface area contributed by atoms with E-state index in [1.807, 2.05) is 0 Å². The van der Waals surface area contributed by atoms with Gasteiger partial charge in [0.1, 0.15) is 6.04 Å². The maximum atomic E-state index is 11.3. The highest BCUT2D eigenvalue weighted by molar-refractivity contribution is 7.90. The summed E-state index contributed by atoms with van der Waals surface area (Å²) in [5, 5.41) is 2.57. The highest BCUT2D eigenvalue weighted by atomic mass is 32.2. The maximum Gasteiger partial charge on any atom is 0.245 e. The second-order valence-corrected chi connectivity index (χ2v) is 5.50. The van der Waals surface area contributed by atoms with Gasteiger partial charge in [-0.25, -0.2) is 8.42 Å². The van der Waals surface area contributed by atoms with E-state index in [-0.39, 0.29) is 10.8 Å². The predicted octanol–water partition coefficient (Wildman–Crippen LogP) is 0.0420. The minimum Gasteiger partial charge on any atom is -0.324 e. The van der Waals surface area contributed by atoms with E-state index in [9.17, 15) is 13.2 Å². The topological polar surface area (TPSA) is 89.3 Å². The zero-order valence-electron chi connectivity index (χ0n) is 8.02. The van der Waals surface area contributed by atoms with E-state index in [1.54, 1.807) is 6.07 Å². The van der Waals surface area contributed by atoms with Crippen molar-refractivity contribution in [1.29, 1.82) is 0 Å². The van der Waals surface area contributed by atoms with Gasteiger partial charge in [0.25, 0.3) is 0 Å². The zero-order valence-corrected chi connectivity index (χ0v) is 8.84. The van der Waals surface area contributed by atoms with Crippen LogP contribution in [0.15, 0.2) is 23.1 Å². The first-order valence-electron chi connectivity index (χ1n) is 4.30. The lowest BCUT2D eigenvalue weighted by Gasteiger charge is -2.03. The molecule has 0 radical (unpaired) electrons. The number of anilines is 1. The Kier molecular flexibility index (Phi) is 2.06. The third-order valence-corrected chi connectivity index (χ3v) is 3.44. The molecular formula is C9H10N2O3S. The number of carbonyl (C=O) groups is 1. The van der Waals surface area contributed by atoms with Crippen molar-refractivity contribution in [2.45, 2.75) is 10.9 Å². The Morgan fingerprint density at radius 2 is 2.07 bits per heavy atom. The summed E-state index contributed by atoms with van der Waals surface area (Å²) in [5.74, 6) is -0.310. The second kappa shape index (κ2) is 3.04. The number of hydrogen-bond acceptors (Lipinski definition) is 4. The van der Waals surface area contributed by atoms with Crippen LogP contribution in [0.4, 0.5) is 5.69 Å². The molecule has 80 valence electrons. The van der Waals surface area contributed by atoms with Crippen LogP contribution in [0.25, 0.3) is 0 Å². The van der Waals surface area contributed by atoms with Gasteiger partial charge in [0.15, 0.2) is 9.84 Å². The Labute approximate surface area is 87.2 Å². The summed E-state index contributed by atoms with van der Waals surface area (Å²) in [5.41, 5.74) is 6.71. The molecule has 0 fully saturated rings. The van der Waals surface area contributed by atoms with Crippen molar-refractivity contribution in [2.24, 2.45) is 5.73 Å². The van der Waals surface area contributed by atoms with Gasteiger partial charge in [-0.05, 0) is 18.2 Å². The van der Waals surface area contributed by atoms with Gasteiger partial charge in [-0.1, -0.05) is 0 Å². The first kappa shape index (κ1) is 10.1. The number of fused-ring (bicyclic) bond motifs is 1. The van der Waals surface area contributed by atoms with Gasteiger partial charge in [0.05, 0.1) is 4.90 Å². The number of benzene rings is 1. The van der Waals surface area contributed by atoms with Crippen LogP contribution in [0.2, 0.25) is 0 Å². The molecule has 1 aliphatic heterocycles. The van der Waals surface area contributed by atoms with E-state index in [2.05, 4.69) is 5.32 Å². The van der Waals surface area contributed by atoms with Crippen LogP contribution in [0.3, 0.4) is 0 Å². The molecular weight excluding hydrogens is 216 g/mol. The summed E-state index contributed by atoms with van der Waals surface area (Å²) >= 11 is 0. The summed E-state index contributed by atoms with van der Waals surface area (Å²) in [6, 6.07) is 3.66. The fourth-order valence-corrected chi connectivity index (χ4v) is 2.15. The number of nitrogens with two attached hydrogens (primary N) is 1. The van der Waals surface area contributed by atoms with Crippen molar-refractivity contribution in [1.82, 2.24) is 0 Å². The Morgan fingerprint density at radius 1 is 1.40 bits per heavy atom. The standard InChI is InChI=1S/C9H10N2O3S/c1-15(13,14)5-2-3-7-6(4-5)8(10)9(12)11-7/h2-4,8H,10H2,1H3,(H,11,12). The highest BCUT2D eigenvalue weighted by Gasteiger charge is 2.28. The Morgan fingerprint density at radius 3 is 2.67 bits per heavy atom. The summed E-state index contributed by atoms with van der Waals surface area (Å²) < 4.78 is 22.5. The Bertz CT molecular complexity index is 536. The molecule has 1 heterocycles. The molecule has 1 unspecified atom stereocenters. The lowest BCUT2D eigenvalue weighted by Crippen LogP contribution is -2.19. The zero-order chi connectivity index (χ0) is 11.2. The molecule has 0 aromatic heterocycles. The number of hydrogen-bond donors (Lipinski definition) is 2. The molecule has 0 spiro atoms. The van der Waals surface area contributed by atoms with Gasteiger partial charge in [0, 0.05) is 17.5 Å². The maximum absolute atomic E-state index is 11.3. The van der Waals surface area contributed by atoms with E-state index in [0.717, 1.165) is 6.26 Å². The molecule has 3 N–H and O–H groups in total. The van der Waals surface area contributed by atoms with E-state index >= 15 is 0 Å². The molecule has 2 rings (SSSR count). The van der Waals surface area contributed by atoms with E-state index in [1.165, 1.54) is 12.1 Å². The molecule has 1 aromatic rings. The number of carbonyl (C=O) groups excluding carboxylic acids is 1. The molecule has 15 heavy (non-hydrogen) atoms. The fraction of sp³-hybridized carbons (Fsp3) is 0.222. The van der Waals surface area contributed by atoms with Crippen LogP contribution in [-0.2, 0) is 14.6 Å².